The summed E-state index contributed by atoms with van der Waals surface area (Å²) in [7, 11) is 0. The zero-order valence-corrected chi connectivity index (χ0v) is 16.5. The number of carbonyl (C=O) groups excluding carboxylic acids is 2. The van der Waals surface area contributed by atoms with Crippen molar-refractivity contribution in [2.75, 3.05) is 18.9 Å². The Labute approximate surface area is 158 Å². The number of para-hydroxylation sites is 1. The minimum Gasteiger partial charge on any atom is -0.465 e. The number of aromatic nitrogens is 2. The van der Waals surface area contributed by atoms with E-state index in [1.54, 1.807) is 13.1 Å². The van der Waals surface area contributed by atoms with Crippen molar-refractivity contribution in [3.05, 3.63) is 42.2 Å². The van der Waals surface area contributed by atoms with Crippen LogP contribution in [0.1, 0.15) is 26.3 Å². The number of aryl methyl sites for hydroxylation is 1. The zero-order valence-electron chi connectivity index (χ0n) is 15.6. The van der Waals surface area contributed by atoms with Gasteiger partial charge < -0.3 is 9.64 Å². The Morgan fingerprint density at radius 3 is 2.69 bits per heavy atom. The summed E-state index contributed by atoms with van der Waals surface area (Å²) in [5.74, 6) is -0.293. The minimum absolute atomic E-state index is 0.0306. The summed E-state index contributed by atoms with van der Waals surface area (Å²) in [5, 5.41) is 0.743. The summed E-state index contributed by atoms with van der Waals surface area (Å²) < 4.78 is 6.93. The lowest BCUT2D eigenvalue weighted by atomic mass is 10.2. The second kappa shape index (κ2) is 9.43. The maximum Gasteiger partial charge on any atom is 0.325 e. The molecular formula is C19H25N3O3S. The van der Waals surface area contributed by atoms with Crippen LogP contribution < -0.4 is 0 Å². The molecule has 0 aliphatic heterocycles. The molecule has 1 amide bonds. The van der Waals surface area contributed by atoms with E-state index in [0.29, 0.717) is 6.61 Å². The zero-order chi connectivity index (χ0) is 19.1. The summed E-state index contributed by atoms with van der Waals surface area (Å²) in [6.07, 6.45) is 3.60. The number of rotatable bonds is 8. The largest absolute Gasteiger partial charge is 0.465 e. The second-order valence-electron chi connectivity index (χ2n) is 6.08. The van der Waals surface area contributed by atoms with Gasteiger partial charge in [-0.05, 0) is 39.3 Å². The molecule has 1 aromatic heterocycles. The maximum absolute atomic E-state index is 12.6. The van der Waals surface area contributed by atoms with Gasteiger partial charge in [-0.3, -0.25) is 14.2 Å². The first-order chi connectivity index (χ1) is 12.4. The maximum atomic E-state index is 12.6. The van der Waals surface area contributed by atoms with Gasteiger partial charge in [0, 0.05) is 18.4 Å². The van der Waals surface area contributed by atoms with E-state index >= 15 is 0 Å². The fraction of sp³-hybridized carbons (Fsp3) is 0.421. The van der Waals surface area contributed by atoms with Crippen LogP contribution in [-0.2, 0) is 14.3 Å². The van der Waals surface area contributed by atoms with E-state index in [1.807, 2.05) is 55.8 Å². The quantitative estimate of drug-likeness (QED) is 0.524. The fourth-order valence-electron chi connectivity index (χ4n) is 2.53. The lowest BCUT2D eigenvalue weighted by molar-refractivity contribution is -0.149. The summed E-state index contributed by atoms with van der Waals surface area (Å²) in [5.41, 5.74) is 2.16. The number of benzene rings is 1. The van der Waals surface area contributed by atoms with E-state index in [9.17, 15) is 9.59 Å². The second-order valence-corrected chi connectivity index (χ2v) is 7.02. The Hall–Kier alpha value is -2.28. The predicted octanol–water partition coefficient (Wildman–Crippen LogP) is 3.07. The van der Waals surface area contributed by atoms with Gasteiger partial charge in [0.25, 0.3) is 0 Å². The number of hydrogen-bond donors (Lipinski definition) is 0. The average Bonchev–Trinajstić information content (AvgIpc) is 3.06. The molecule has 140 valence electrons. The predicted molar refractivity (Wildman–Crippen MR) is 103 cm³/mol. The highest BCUT2D eigenvalue weighted by atomic mass is 32.2. The van der Waals surface area contributed by atoms with Crippen LogP contribution >= 0.6 is 11.8 Å². The number of carbonyl (C=O) groups is 2. The van der Waals surface area contributed by atoms with Crippen LogP contribution in [0.5, 0.6) is 0 Å². The van der Waals surface area contributed by atoms with Crippen molar-refractivity contribution in [3.8, 4) is 5.69 Å². The molecule has 0 N–H and O–H groups in total. The molecule has 0 unspecified atom stereocenters. The molecule has 0 atom stereocenters. The Morgan fingerprint density at radius 1 is 1.31 bits per heavy atom. The van der Waals surface area contributed by atoms with Gasteiger partial charge >= 0.3 is 5.97 Å². The first-order valence-electron chi connectivity index (χ1n) is 8.61. The molecule has 6 nitrogen and oxygen atoms in total. The summed E-state index contributed by atoms with van der Waals surface area (Å²) in [6, 6.07) is 7.94. The molecular weight excluding hydrogens is 350 g/mol. The third kappa shape index (κ3) is 5.11. The van der Waals surface area contributed by atoms with Crippen LogP contribution in [0.25, 0.3) is 5.69 Å². The molecule has 0 spiro atoms. The number of nitrogens with zero attached hydrogens (tertiary/aromatic N) is 3. The molecule has 7 heteroatoms. The minimum atomic E-state index is -0.388. The van der Waals surface area contributed by atoms with Gasteiger partial charge in [-0.15, -0.1) is 0 Å². The van der Waals surface area contributed by atoms with Crippen molar-refractivity contribution in [1.29, 1.82) is 0 Å². The molecule has 2 rings (SSSR count). The molecule has 1 aromatic carbocycles. The van der Waals surface area contributed by atoms with Crippen LogP contribution in [0.2, 0.25) is 0 Å². The van der Waals surface area contributed by atoms with E-state index in [-0.39, 0.29) is 30.2 Å². The lowest BCUT2D eigenvalue weighted by Gasteiger charge is -2.25. The summed E-state index contributed by atoms with van der Waals surface area (Å²) in [4.78, 5) is 30.2. The van der Waals surface area contributed by atoms with Crippen LogP contribution in [0.3, 0.4) is 0 Å². The Morgan fingerprint density at radius 2 is 2.04 bits per heavy atom. The highest BCUT2D eigenvalue weighted by molar-refractivity contribution is 7.99. The molecule has 0 saturated carbocycles. The molecule has 2 aromatic rings. The van der Waals surface area contributed by atoms with Gasteiger partial charge in [-0.1, -0.05) is 30.0 Å². The van der Waals surface area contributed by atoms with Gasteiger partial charge in [0.05, 0.1) is 18.0 Å². The topological polar surface area (TPSA) is 64.4 Å². The number of ether oxygens (including phenoxy) is 1. The first-order valence-corrected chi connectivity index (χ1v) is 9.59. The summed E-state index contributed by atoms with van der Waals surface area (Å²) in [6.45, 7) is 7.83. The van der Waals surface area contributed by atoms with E-state index < -0.39 is 0 Å². The third-order valence-electron chi connectivity index (χ3n) is 3.85. The van der Waals surface area contributed by atoms with Crippen LogP contribution in [-0.4, -0.2) is 51.3 Å². The van der Waals surface area contributed by atoms with Gasteiger partial charge in [0.15, 0.2) is 5.16 Å². The number of imidazole rings is 1. The first kappa shape index (κ1) is 20.0. The highest BCUT2D eigenvalue weighted by Crippen LogP contribution is 2.23. The van der Waals surface area contributed by atoms with E-state index in [1.165, 1.54) is 16.7 Å². The van der Waals surface area contributed by atoms with Gasteiger partial charge in [-0.25, -0.2) is 4.98 Å². The molecule has 0 fully saturated rings. The number of thioether (sulfide) groups is 1. The Kier molecular flexibility index (Phi) is 7.26. The SMILES string of the molecule is CCOC(=O)CN(C(=O)CSc1nccn1-c1ccccc1C)C(C)C. The molecule has 1 heterocycles. The Bertz CT molecular complexity index is 758. The van der Waals surface area contributed by atoms with E-state index in [0.717, 1.165) is 16.4 Å². The van der Waals surface area contributed by atoms with Crippen molar-refractivity contribution in [1.82, 2.24) is 14.5 Å². The van der Waals surface area contributed by atoms with Gasteiger partial charge in [0.2, 0.25) is 5.91 Å². The molecule has 0 radical (unpaired) electrons. The standard InChI is InChI=1S/C19H25N3O3S/c1-5-25-18(24)12-22(14(2)3)17(23)13-26-19-20-10-11-21(19)16-9-7-6-8-15(16)4/h6-11,14H,5,12-13H2,1-4H3. The normalized spacial score (nSPS) is 10.8. The van der Waals surface area contributed by atoms with Gasteiger partial charge in [-0.2, -0.15) is 0 Å². The lowest BCUT2D eigenvalue weighted by Crippen LogP contribution is -2.42. The monoisotopic (exact) mass is 375 g/mol. The van der Waals surface area contributed by atoms with Gasteiger partial charge in [0.1, 0.15) is 6.54 Å². The van der Waals surface area contributed by atoms with E-state index in [4.69, 9.17) is 4.74 Å². The number of hydrogen-bond acceptors (Lipinski definition) is 5. The van der Waals surface area contributed by atoms with Crippen molar-refractivity contribution in [2.24, 2.45) is 0 Å². The molecule has 0 bridgehead atoms. The van der Waals surface area contributed by atoms with Crippen LogP contribution in [0, 0.1) is 6.92 Å². The third-order valence-corrected chi connectivity index (χ3v) is 4.81. The van der Waals surface area contributed by atoms with Crippen molar-refractivity contribution in [3.63, 3.8) is 0 Å². The molecule has 0 aliphatic rings. The fourth-order valence-corrected chi connectivity index (χ4v) is 3.38. The van der Waals surface area contributed by atoms with Crippen LogP contribution in [0.4, 0.5) is 0 Å². The summed E-state index contributed by atoms with van der Waals surface area (Å²) >= 11 is 1.36. The van der Waals surface area contributed by atoms with Crippen LogP contribution in [0.15, 0.2) is 41.8 Å². The Balaban J connectivity index is 2.06. The molecule has 0 aliphatic carbocycles. The number of amides is 1. The molecule has 0 saturated heterocycles. The van der Waals surface area contributed by atoms with E-state index in [2.05, 4.69) is 4.98 Å². The number of esters is 1. The average molecular weight is 375 g/mol. The highest BCUT2D eigenvalue weighted by Gasteiger charge is 2.21. The van der Waals surface area contributed by atoms with Crippen molar-refractivity contribution in [2.45, 2.75) is 38.9 Å². The smallest absolute Gasteiger partial charge is 0.325 e. The molecule has 26 heavy (non-hydrogen) atoms. The van der Waals surface area contributed by atoms with Crippen molar-refractivity contribution < 1.29 is 14.3 Å². The van der Waals surface area contributed by atoms with Crippen molar-refractivity contribution >= 4 is 23.6 Å².